The van der Waals surface area contributed by atoms with Crippen molar-refractivity contribution < 1.29 is 19.4 Å². The predicted molar refractivity (Wildman–Crippen MR) is 88.8 cm³/mol. The monoisotopic (exact) mass is 345 g/mol. The molecule has 0 unspecified atom stereocenters. The average molecular weight is 345 g/mol. The average Bonchev–Trinajstić information content (AvgIpc) is 2.59. The summed E-state index contributed by atoms with van der Waals surface area (Å²) in [6.45, 7) is 1.60. The van der Waals surface area contributed by atoms with Gasteiger partial charge in [-0.2, -0.15) is 0 Å². The second-order valence-electron chi connectivity index (χ2n) is 5.07. The number of benzene rings is 2. The highest BCUT2D eigenvalue weighted by atomic mass is 16.6. The summed E-state index contributed by atoms with van der Waals surface area (Å²) in [6, 6.07) is 11.0. The molecule has 9 heteroatoms. The van der Waals surface area contributed by atoms with Gasteiger partial charge in [0.05, 0.1) is 22.0 Å². The Kier molecular flexibility index (Phi) is 5.62. The predicted octanol–water partition coefficient (Wildman–Crippen LogP) is 2.62. The van der Waals surface area contributed by atoms with E-state index in [1.54, 1.807) is 24.3 Å². The highest BCUT2D eigenvalue weighted by molar-refractivity contribution is 5.96. The van der Waals surface area contributed by atoms with E-state index in [9.17, 15) is 25.0 Å². The molecule has 0 aliphatic carbocycles. The molecule has 0 heterocycles. The smallest absolute Gasteiger partial charge is 0.279 e. The molecule has 0 fully saturated rings. The minimum atomic E-state index is -0.752. The van der Waals surface area contributed by atoms with Crippen molar-refractivity contribution in [3.8, 4) is 5.75 Å². The van der Waals surface area contributed by atoms with Gasteiger partial charge in [0.25, 0.3) is 17.3 Å². The van der Waals surface area contributed by atoms with Crippen LogP contribution in [0.2, 0.25) is 0 Å². The fourth-order valence-corrected chi connectivity index (χ4v) is 2.15. The Hall–Kier alpha value is -3.49. The zero-order chi connectivity index (χ0) is 18.4. The summed E-state index contributed by atoms with van der Waals surface area (Å²) >= 11 is 0. The molecule has 0 aliphatic heterocycles. The number of nitro groups is 2. The lowest BCUT2D eigenvalue weighted by Crippen LogP contribution is -2.28. The maximum absolute atomic E-state index is 12.1. The number of para-hydroxylation sites is 1. The number of nitrogens with one attached hydrogen (secondary N) is 1. The van der Waals surface area contributed by atoms with Gasteiger partial charge in [0.2, 0.25) is 0 Å². The maximum Gasteiger partial charge on any atom is 0.279 e. The van der Waals surface area contributed by atoms with Gasteiger partial charge in [0.1, 0.15) is 17.9 Å². The third-order valence-electron chi connectivity index (χ3n) is 3.41. The van der Waals surface area contributed by atoms with Crippen LogP contribution in [-0.2, 0) is 0 Å². The van der Waals surface area contributed by atoms with Gasteiger partial charge < -0.3 is 10.1 Å². The van der Waals surface area contributed by atoms with E-state index < -0.39 is 27.1 Å². The largest absolute Gasteiger partial charge is 0.492 e. The van der Waals surface area contributed by atoms with Gasteiger partial charge in [0.15, 0.2) is 0 Å². The molecule has 0 aromatic heterocycles. The minimum absolute atomic E-state index is 0.0982. The van der Waals surface area contributed by atoms with Crippen molar-refractivity contribution in [2.24, 2.45) is 0 Å². The lowest BCUT2D eigenvalue weighted by molar-refractivity contribution is -0.395. The number of nitro benzene ring substituents is 2. The van der Waals surface area contributed by atoms with Crippen LogP contribution in [-0.4, -0.2) is 28.9 Å². The first-order valence-electron chi connectivity index (χ1n) is 7.29. The molecule has 25 heavy (non-hydrogen) atoms. The van der Waals surface area contributed by atoms with Gasteiger partial charge in [-0.1, -0.05) is 18.2 Å². The molecule has 0 atom stereocenters. The maximum atomic E-state index is 12.1. The first-order valence-corrected chi connectivity index (χ1v) is 7.29. The minimum Gasteiger partial charge on any atom is -0.492 e. The van der Waals surface area contributed by atoms with Crippen LogP contribution in [0.3, 0.4) is 0 Å². The zero-order valence-corrected chi connectivity index (χ0v) is 13.3. The number of hydrogen-bond acceptors (Lipinski definition) is 6. The van der Waals surface area contributed by atoms with Gasteiger partial charge in [-0.05, 0) is 19.1 Å². The van der Waals surface area contributed by atoms with Crippen molar-refractivity contribution in [2.75, 3.05) is 13.2 Å². The van der Waals surface area contributed by atoms with E-state index in [0.29, 0.717) is 5.75 Å². The molecule has 0 aliphatic rings. The SMILES string of the molecule is Cc1c([N+](=O)[O-])cc(C(=O)NCCOc2ccccc2)cc1[N+](=O)[O-]. The second kappa shape index (κ2) is 7.86. The summed E-state index contributed by atoms with van der Waals surface area (Å²) in [5.41, 5.74) is -1.19. The Morgan fingerprint density at radius 1 is 1.08 bits per heavy atom. The molecule has 1 N–H and O–H groups in total. The van der Waals surface area contributed by atoms with Crippen molar-refractivity contribution in [3.05, 3.63) is 73.8 Å². The number of carbonyl (C=O) groups excluding carboxylic acids is 1. The van der Waals surface area contributed by atoms with Crippen LogP contribution >= 0.6 is 0 Å². The molecular weight excluding hydrogens is 330 g/mol. The fourth-order valence-electron chi connectivity index (χ4n) is 2.15. The molecule has 1 amide bonds. The van der Waals surface area contributed by atoms with E-state index in [-0.39, 0.29) is 24.3 Å². The quantitative estimate of drug-likeness (QED) is 0.467. The van der Waals surface area contributed by atoms with Crippen molar-refractivity contribution in [3.63, 3.8) is 0 Å². The number of rotatable bonds is 7. The molecule has 2 aromatic carbocycles. The lowest BCUT2D eigenvalue weighted by Gasteiger charge is -2.08. The van der Waals surface area contributed by atoms with Crippen molar-refractivity contribution in [1.82, 2.24) is 5.32 Å². The highest BCUT2D eigenvalue weighted by Crippen LogP contribution is 2.29. The topological polar surface area (TPSA) is 125 Å². The Morgan fingerprint density at radius 3 is 2.16 bits per heavy atom. The van der Waals surface area contributed by atoms with E-state index in [0.717, 1.165) is 12.1 Å². The molecule has 0 bridgehead atoms. The van der Waals surface area contributed by atoms with Gasteiger partial charge in [-0.3, -0.25) is 25.0 Å². The van der Waals surface area contributed by atoms with Gasteiger partial charge in [-0.15, -0.1) is 0 Å². The van der Waals surface area contributed by atoms with Crippen molar-refractivity contribution >= 4 is 17.3 Å². The van der Waals surface area contributed by atoms with Crippen LogP contribution < -0.4 is 10.1 Å². The number of nitrogens with zero attached hydrogens (tertiary/aromatic N) is 2. The normalized spacial score (nSPS) is 10.1. The Labute approximate surface area is 142 Å². The van der Waals surface area contributed by atoms with Crippen LogP contribution in [0.4, 0.5) is 11.4 Å². The van der Waals surface area contributed by atoms with Crippen LogP contribution in [0.5, 0.6) is 5.75 Å². The summed E-state index contributed by atoms with van der Waals surface area (Å²) in [7, 11) is 0. The first-order chi connectivity index (χ1) is 11.9. The fraction of sp³-hybridized carbons (Fsp3) is 0.188. The molecule has 0 saturated carbocycles. The Morgan fingerprint density at radius 2 is 1.64 bits per heavy atom. The van der Waals surface area contributed by atoms with E-state index in [2.05, 4.69) is 5.32 Å². The molecule has 0 radical (unpaired) electrons. The van der Waals surface area contributed by atoms with Crippen LogP contribution in [0.1, 0.15) is 15.9 Å². The lowest BCUT2D eigenvalue weighted by atomic mass is 10.1. The summed E-state index contributed by atoms with van der Waals surface area (Å²) in [6.07, 6.45) is 0. The second-order valence-corrected chi connectivity index (χ2v) is 5.07. The molecular formula is C16H15N3O6. The summed E-state index contributed by atoms with van der Waals surface area (Å²) in [5, 5.41) is 24.6. The third kappa shape index (κ3) is 4.50. The molecule has 2 rings (SSSR count). The Balaban J connectivity index is 2.05. The molecule has 0 saturated heterocycles. The molecule has 130 valence electrons. The van der Waals surface area contributed by atoms with Gasteiger partial charge in [-0.25, -0.2) is 0 Å². The van der Waals surface area contributed by atoms with Crippen LogP contribution in [0, 0.1) is 27.2 Å². The molecule has 0 spiro atoms. The highest BCUT2D eigenvalue weighted by Gasteiger charge is 2.25. The van der Waals surface area contributed by atoms with Crippen molar-refractivity contribution in [1.29, 1.82) is 0 Å². The Bertz CT molecular complexity index is 772. The van der Waals surface area contributed by atoms with Gasteiger partial charge in [0, 0.05) is 12.1 Å². The summed E-state index contributed by atoms with van der Waals surface area (Å²) in [5.74, 6) is -0.0128. The third-order valence-corrected chi connectivity index (χ3v) is 3.41. The standard InChI is InChI=1S/C16H15N3O6/c1-11-14(18(21)22)9-12(10-15(11)19(23)24)16(20)17-7-8-25-13-5-3-2-4-6-13/h2-6,9-10H,7-8H2,1H3,(H,17,20). The molecule has 2 aromatic rings. The van der Waals surface area contributed by atoms with E-state index in [1.165, 1.54) is 6.92 Å². The number of amides is 1. The van der Waals surface area contributed by atoms with E-state index in [4.69, 9.17) is 4.74 Å². The van der Waals surface area contributed by atoms with Crippen LogP contribution in [0.15, 0.2) is 42.5 Å². The molecule has 9 nitrogen and oxygen atoms in total. The first kappa shape index (κ1) is 17.9. The number of ether oxygens (including phenoxy) is 1. The zero-order valence-electron chi connectivity index (χ0n) is 13.3. The summed E-state index contributed by atoms with van der Waals surface area (Å²) in [4.78, 5) is 32.6. The van der Waals surface area contributed by atoms with Crippen molar-refractivity contribution in [2.45, 2.75) is 6.92 Å². The number of carbonyl (C=O) groups is 1. The van der Waals surface area contributed by atoms with Crippen LogP contribution in [0.25, 0.3) is 0 Å². The summed E-state index contributed by atoms with van der Waals surface area (Å²) < 4.78 is 5.40. The van der Waals surface area contributed by atoms with E-state index >= 15 is 0 Å². The number of hydrogen-bond donors (Lipinski definition) is 1. The van der Waals surface area contributed by atoms with Gasteiger partial charge >= 0.3 is 0 Å². The van der Waals surface area contributed by atoms with E-state index in [1.807, 2.05) is 6.07 Å².